The number of phenolic OH excluding ortho intramolecular Hbond substituents is 1. The third-order valence-corrected chi connectivity index (χ3v) is 9.20. The van der Waals surface area contributed by atoms with Crippen LogP contribution in [-0.2, 0) is 4.79 Å². The first-order valence-corrected chi connectivity index (χ1v) is 14.9. The van der Waals surface area contributed by atoms with Crippen molar-refractivity contribution >= 4 is 50.2 Å². The van der Waals surface area contributed by atoms with Crippen LogP contribution in [-0.4, -0.2) is 74.7 Å². The van der Waals surface area contributed by atoms with Crippen molar-refractivity contribution in [2.75, 3.05) is 33.3 Å². The number of carbonyl (C=O) groups is 1. The van der Waals surface area contributed by atoms with Gasteiger partial charge in [-0.2, -0.15) is 0 Å². The molecule has 2 aliphatic rings. The third kappa shape index (κ3) is 4.67. The highest BCUT2D eigenvalue weighted by molar-refractivity contribution is 6.35. The molecule has 0 aliphatic carbocycles. The number of aromatic nitrogens is 3. The van der Waals surface area contributed by atoms with Gasteiger partial charge in [0.15, 0.2) is 11.3 Å². The van der Waals surface area contributed by atoms with Crippen LogP contribution in [0.3, 0.4) is 0 Å². The number of aromatic hydroxyl groups is 1. The molecular weight excluding hydrogens is 569 g/mol. The van der Waals surface area contributed by atoms with E-state index < -0.39 is 5.82 Å². The molecule has 5 aromatic rings. The standard InChI is InChI=1S/C33H31ClFN5O3/c1-3-27(42)39-12-10-20(16-39)40-18-36-31-32(40)25-15-26(34)28(24-14-22(41)13-19-7-4-5-9-23(19)24)29(35)30(25)37-33(31)43-17-21-8-6-11-38(21)2/h3-5,7,9,13-15,18,20-21,41H,1,6,8,10-12,16-17H2,2H3. The largest absolute Gasteiger partial charge is 0.508 e. The van der Waals surface area contributed by atoms with Crippen LogP contribution in [0, 0.1) is 5.82 Å². The van der Waals surface area contributed by atoms with E-state index in [0.717, 1.165) is 30.2 Å². The van der Waals surface area contributed by atoms with Gasteiger partial charge < -0.3 is 24.2 Å². The second-order valence-electron chi connectivity index (χ2n) is 11.4. The molecule has 220 valence electrons. The monoisotopic (exact) mass is 599 g/mol. The summed E-state index contributed by atoms with van der Waals surface area (Å²) in [6.07, 6.45) is 5.85. The summed E-state index contributed by atoms with van der Waals surface area (Å²) in [6, 6.07) is 12.5. The molecule has 7 rings (SSSR count). The Morgan fingerprint density at radius 3 is 2.81 bits per heavy atom. The number of hydrogen-bond acceptors (Lipinski definition) is 6. The van der Waals surface area contributed by atoms with E-state index >= 15 is 4.39 Å². The van der Waals surface area contributed by atoms with Crippen molar-refractivity contribution in [2.24, 2.45) is 0 Å². The molecule has 8 nitrogen and oxygen atoms in total. The molecule has 3 aromatic carbocycles. The molecule has 2 saturated heterocycles. The summed E-state index contributed by atoms with van der Waals surface area (Å²) in [4.78, 5) is 25.8. The molecule has 10 heteroatoms. The van der Waals surface area contributed by atoms with E-state index in [9.17, 15) is 9.90 Å². The van der Waals surface area contributed by atoms with Gasteiger partial charge >= 0.3 is 0 Å². The minimum atomic E-state index is -0.606. The lowest BCUT2D eigenvalue weighted by atomic mass is 9.96. The molecule has 1 amide bonds. The van der Waals surface area contributed by atoms with Crippen LogP contribution in [0.15, 0.2) is 61.4 Å². The number of phenols is 1. The number of hydrogen-bond donors (Lipinski definition) is 1. The van der Waals surface area contributed by atoms with Gasteiger partial charge in [0.05, 0.1) is 22.9 Å². The minimum absolute atomic E-state index is 0.00955. The minimum Gasteiger partial charge on any atom is -0.508 e. The normalized spacial score (nSPS) is 19.2. The van der Waals surface area contributed by atoms with Crippen molar-refractivity contribution in [3.8, 4) is 22.8 Å². The average Bonchev–Trinajstić information content (AvgIpc) is 3.76. The molecule has 0 bridgehead atoms. The Balaban J connectivity index is 1.43. The molecule has 2 unspecified atom stereocenters. The number of halogens is 2. The highest BCUT2D eigenvalue weighted by Gasteiger charge is 2.30. The average molecular weight is 600 g/mol. The molecule has 4 heterocycles. The van der Waals surface area contributed by atoms with Gasteiger partial charge in [-0.1, -0.05) is 42.4 Å². The van der Waals surface area contributed by atoms with Crippen LogP contribution in [0.5, 0.6) is 11.6 Å². The molecule has 0 saturated carbocycles. The topological polar surface area (TPSA) is 83.7 Å². The van der Waals surface area contributed by atoms with Crippen molar-refractivity contribution in [1.82, 2.24) is 24.3 Å². The maximum Gasteiger partial charge on any atom is 0.246 e. The number of ether oxygens (including phenoxy) is 1. The van der Waals surface area contributed by atoms with E-state index in [-0.39, 0.29) is 45.7 Å². The van der Waals surface area contributed by atoms with Crippen molar-refractivity contribution in [3.05, 3.63) is 72.3 Å². The number of pyridine rings is 1. The number of carbonyl (C=O) groups excluding carboxylic acids is 1. The number of likely N-dealkylation sites (N-methyl/N-ethyl adjacent to an activating group) is 1. The summed E-state index contributed by atoms with van der Waals surface area (Å²) in [6.45, 7) is 6.09. The zero-order chi connectivity index (χ0) is 29.8. The van der Waals surface area contributed by atoms with E-state index in [1.165, 1.54) is 12.1 Å². The first kappa shape index (κ1) is 27.6. The summed E-state index contributed by atoms with van der Waals surface area (Å²) >= 11 is 6.88. The first-order chi connectivity index (χ1) is 20.8. The van der Waals surface area contributed by atoms with Crippen molar-refractivity contribution in [2.45, 2.75) is 31.3 Å². The summed E-state index contributed by atoms with van der Waals surface area (Å²) in [7, 11) is 2.07. The second kappa shape index (κ2) is 10.8. The van der Waals surface area contributed by atoms with Gasteiger partial charge in [-0.25, -0.2) is 14.4 Å². The number of rotatable bonds is 6. The molecule has 2 fully saturated rings. The molecule has 0 spiro atoms. The Morgan fingerprint density at radius 1 is 1.19 bits per heavy atom. The van der Waals surface area contributed by atoms with E-state index in [4.69, 9.17) is 26.3 Å². The Labute approximate surface area is 252 Å². The number of benzene rings is 3. The first-order valence-electron chi connectivity index (χ1n) is 14.5. The van der Waals surface area contributed by atoms with Gasteiger partial charge in [0.25, 0.3) is 0 Å². The van der Waals surface area contributed by atoms with Crippen LogP contribution < -0.4 is 4.74 Å². The second-order valence-corrected chi connectivity index (χ2v) is 11.8. The fourth-order valence-corrected chi connectivity index (χ4v) is 6.92. The number of likely N-dealkylation sites (tertiary alicyclic amines) is 2. The fourth-order valence-electron chi connectivity index (χ4n) is 6.63. The lowest BCUT2D eigenvalue weighted by Crippen LogP contribution is -2.30. The molecule has 2 aromatic heterocycles. The molecule has 0 radical (unpaired) electrons. The van der Waals surface area contributed by atoms with E-state index in [2.05, 4.69) is 18.5 Å². The summed E-state index contributed by atoms with van der Waals surface area (Å²) in [5.41, 5.74) is 1.91. The summed E-state index contributed by atoms with van der Waals surface area (Å²) in [5.74, 6) is -0.465. The number of amides is 1. The molecular formula is C33H31ClFN5O3. The van der Waals surface area contributed by atoms with Crippen molar-refractivity contribution in [1.29, 1.82) is 0 Å². The van der Waals surface area contributed by atoms with Gasteiger partial charge in [-0.15, -0.1) is 0 Å². The number of fused-ring (bicyclic) bond motifs is 4. The van der Waals surface area contributed by atoms with Gasteiger partial charge in [0, 0.05) is 30.1 Å². The van der Waals surface area contributed by atoms with Gasteiger partial charge in [0.2, 0.25) is 11.8 Å². The van der Waals surface area contributed by atoms with Gasteiger partial charge in [-0.3, -0.25) is 4.79 Å². The highest BCUT2D eigenvalue weighted by Crippen LogP contribution is 2.43. The fraction of sp³-hybridized carbons (Fsp3) is 0.303. The Kier molecular flexibility index (Phi) is 6.94. The van der Waals surface area contributed by atoms with Crippen molar-refractivity contribution in [3.63, 3.8) is 0 Å². The van der Waals surface area contributed by atoms with Gasteiger partial charge in [0.1, 0.15) is 17.9 Å². The Morgan fingerprint density at radius 2 is 2.02 bits per heavy atom. The Hall–Kier alpha value is -4.21. The van der Waals surface area contributed by atoms with E-state index in [1.807, 2.05) is 28.8 Å². The van der Waals surface area contributed by atoms with Crippen LogP contribution in [0.1, 0.15) is 25.3 Å². The predicted molar refractivity (Wildman–Crippen MR) is 166 cm³/mol. The molecule has 2 aliphatic heterocycles. The third-order valence-electron chi connectivity index (χ3n) is 8.90. The predicted octanol–water partition coefficient (Wildman–Crippen LogP) is 6.34. The molecule has 1 N–H and O–H groups in total. The van der Waals surface area contributed by atoms with E-state index in [1.54, 1.807) is 23.4 Å². The van der Waals surface area contributed by atoms with Crippen LogP contribution in [0.25, 0.3) is 43.8 Å². The highest BCUT2D eigenvalue weighted by atomic mass is 35.5. The number of imidazole rings is 1. The zero-order valence-corrected chi connectivity index (χ0v) is 24.5. The summed E-state index contributed by atoms with van der Waals surface area (Å²) in [5, 5.41) is 12.7. The van der Waals surface area contributed by atoms with E-state index in [0.29, 0.717) is 48.1 Å². The zero-order valence-electron chi connectivity index (χ0n) is 23.8. The van der Waals surface area contributed by atoms with Gasteiger partial charge in [-0.05, 0) is 73.5 Å². The summed E-state index contributed by atoms with van der Waals surface area (Å²) < 4.78 is 25.1. The molecule has 2 atom stereocenters. The van der Waals surface area contributed by atoms with Crippen molar-refractivity contribution < 1.29 is 19.0 Å². The number of nitrogens with zero attached hydrogens (tertiary/aromatic N) is 5. The lowest BCUT2D eigenvalue weighted by molar-refractivity contribution is -0.125. The van der Waals surface area contributed by atoms with Crippen LogP contribution >= 0.6 is 11.6 Å². The van der Waals surface area contributed by atoms with Crippen LogP contribution in [0.2, 0.25) is 5.02 Å². The Bertz CT molecular complexity index is 1920. The SMILES string of the molecule is C=CC(=O)N1CCC(n2cnc3c(OCC4CCCN4C)nc4c(F)c(-c5cc(O)cc6ccccc56)c(Cl)cc4c32)C1. The quantitative estimate of drug-likeness (QED) is 0.230. The molecule has 43 heavy (non-hydrogen) atoms. The maximum absolute atomic E-state index is 16.8. The lowest BCUT2D eigenvalue weighted by Gasteiger charge is -2.20. The van der Waals surface area contributed by atoms with Crippen LogP contribution in [0.4, 0.5) is 4.39 Å². The maximum atomic E-state index is 16.8. The smallest absolute Gasteiger partial charge is 0.246 e.